The van der Waals surface area contributed by atoms with Gasteiger partial charge in [0.15, 0.2) is 15.6 Å². The van der Waals surface area contributed by atoms with Gasteiger partial charge in [0.05, 0.1) is 21.9 Å². The number of aromatic hydroxyl groups is 1. The number of nitrogens with two attached hydrogens (primary N) is 1. The molecule has 0 aliphatic rings. The second-order valence-electron chi connectivity index (χ2n) is 7.14. The highest BCUT2D eigenvalue weighted by atomic mass is 35.5. The molecular weight excluding hydrogens is 488 g/mol. The lowest BCUT2D eigenvalue weighted by molar-refractivity contribution is 0.0692. The summed E-state index contributed by atoms with van der Waals surface area (Å²) >= 11 is 6.12. The number of aromatic carboxylic acids is 1. The molecule has 34 heavy (non-hydrogen) atoms. The van der Waals surface area contributed by atoms with Gasteiger partial charge in [-0.2, -0.15) is 0 Å². The number of urea groups is 1. The van der Waals surface area contributed by atoms with Gasteiger partial charge in [0.1, 0.15) is 5.69 Å². The summed E-state index contributed by atoms with van der Waals surface area (Å²) in [7, 11) is -4.15. The Bertz CT molecular complexity index is 1450. The normalized spacial score (nSPS) is 11.4. The summed E-state index contributed by atoms with van der Waals surface area (Å²) in [4.78, 5) is 38.7. The number of aromatic amines is 1. The second-order valence-corrected chi connectivity index (χ2v) is 9.83. The van der Waals surface area contributed by atoms with Gasteiger partial charge in [0.2, 0.25) is 0 Å². The molecule has 3 rings (SSSR count). The standard InChI is InChI=1S/C21H21ClN4O7S/c1-3-24-21(31)26-16-15(13(34(32,33)4-2)8-11(18(16)27)19(23)28)14-10-7-9(22)5-6-12(10)25-17(14)20(29)30/h5-8,25,27H,3-4H2,1-2H3,(H2,23,28)(H,29,30)(H2,24,26,31). The van der Waals surface area contributed by atoms with Crippen molar-refractivity contribution in [3.63, 3.8) is 0 Å². The topological polar surface area (TPSA) is 192 Å². The van der Waals surface area contributed by atoms with Crippen molar-refractivity contribution in [2.45, 2.75) is 18.7 Å². The van der Waals surface area contributed by atoms with Crippen molar-refractivity contribution < 1.29 is 33.0 Å². The highest BCUT2D eigenvalue weighted by Crippen LogP contribution is 2.47. The summed E-state index contributed by atoms with van der Waals surface area (Å²) in [6.07, 6.45) is 0. The van der Waals surface area contributed by atoms with Crippen LogP contribution in [0.2, 0.25) is 5.02 Å². The molecular formula is C21H21ClN4O7S. The van der Waals surface area contributed by atoms with E-state index in [1.165, 1.54) is 25.1 Å². The van der Waals surface area contributed by atoms with E-state index in [2.05, 4.69) is 15.6 Å². The zero-order valence-electron chi connectivity index (χ0n) is 18.0. The molecule has 0 bridgehead atoms. The average molecular weight is 509 g/mol. The third kappa shape index (κ3) is 4.37. The first-order valence-corrected chi connectivity index (χ1v) is 12.0. The van der Waals surface area contributed by atoms with Crippen LogP contribution in [0.15, 0.2) is 29.2 Å². The van der Waals surface area contributed by atoms with Gasteiger partial charge in [0, 0.05) is 33.6 Å². The number of carboxylic acid groups (broad SMARTS) is 1. The molecule has 13 heteroatoms. The van der Waals surface area contributed by atoms with Crippen LogP contribution in [0.3, 0.4) is 0 Å². The zero-order chi connectivity index (χ0) is 25.4. The number of aromatic nitrogens is 1. The van der Waals surface area contributed by atoms with Gasteiger partial charge in [-0.05, 0) is 31.2 Å². The number of H-pyrrole nitrogens is 1. The van der Waals surface area contributed by atoms with Gasteiger partial charge < -0.3 is 31.6 Å². The number of amides is 3. The van der Waals surface area contributed by atoms with Crippen LogP contribution in [-0.4, -0.2) is 53.8 Å². The number of hydrogen-bond donors (Lipinski definition) is 6. The molecule has 0 saturated carbocycles. The molecule has 1 aromatic heterocycles. The predicted octanol–water partition coefficient (Wildman–Crippen LogP) is 2.93. The third-order valence-electron chi connectivity index (χ3n) is 5.04. The molecule has 3 amide bonds. The van der Waals surface area contributed by atoms with Crippen LogP contribution in [0.25, 0.3) is 22.0 Å². The number of primary amides is 1. The van der Waals surface area contributed by atoms with Crippen LogP contribution in [-0.2, 0) is 9.84 Å². The summed E-state index contributed by atoms with van der Waals surface area (Å²) in [6, 6.07) is 4.43. The summed E-state index contributed by atoms with van der Waals surface area (Å²) in [5.41, 5.74) is 3.66. The third-order valence-corrected chi connectivity index (χ3v) is 7.03. The smallest absolute Gasteiger partial charge is 0.352 e. The molecule has 2 aromatic carbocycles. The number of carbonyl (C=O) groups is 3. The highest BCUT2D eigenvalue weighted by Gasteiger charge is 2.32. The lowest BCUT2D eigenvalue weighted by Crippen LogP contribution is -2.29. The largest absolute Gasteiger partial charge is 0.505 e. The first-order valence-electron chi connectivity index (χ1n) is 9.95. The summed E-state index contributed by atoms with van der Waals surface area (Å²) < 4.78 is 26.2. The van der Waals surface area contributed by atoms with Crippen LogP contribution in [0.1, 0.15) is 34.7 Å². The SMILES string of the molecule is CCNC(=O)Nc1c(O)c(C(N)=O)cc(S(=O)(=O)CC)c1-c1c(C(=O)O)[nH]c2ccc(Cl)cc12. The van der Waals surface area contributed by atoms with Gasteiger partial charge in [0.25, 0.3) is 5.91 Å². The van der Waals surface area contributed by atoms with Crippen molar-refractivity contribution in [1.29, 1.82) is 0 Å². The van der Waals surface area contributed by atoms with Gasteiger partial charge in [-0.3, -0.25) is 4.79 Å². The Labute approximate surface area is 198 Å². The number of phenols is 1. The molecule has 0 radical (unpaired) electrons. The Kier molecular flexibility index (Phi) is 6.75. The second kappa shape index (κ2) is 9.23. The van der Waals surface area contributed by atoms with E-state index in [4.69, 9.17) is 17.3 Å². The Balaban J connectivity index is 2.62. The van der Waals surface area contributed by atoms with Gasteiger partial charge in [-0.15, -0.1) is 0 Å². The van der Waals surface area contributed by atoms with Crippen molar-refractivity contribution in [1.82, 2.24) is 10.3 Å². The van der Waals surface area contributed by atoms with Gasteiger partial charge in [-0.25, -0.2) is 18.0 Å². The molecule has 0 saturated heterocycles. The van der Waals surface area contributed by atoms with E-state index < -0.39 is 61.1 Å². The number of halogens is 1. The first kappa shape index (κ1) is 24.9. The van der Waals surface area contributed by atoms with Crippen LogP contribution < -0.4 is 16.4 Å². The minimum absolute atomic E-state index is 0.157. The number of carboxylic acids is 1. The molecule has 1 heterocycles. The van der Waals surface area contributed by atoms with Crippen LogP contribution in [0, 0.1) is 0 Å². The number of sulfone groups is 1. The maximum Gasteiger partial charge on any atom is 0.352 e. The molecule has 0 unspecified atom stereocenters. The van der Waals surface area contributed by atoms with Crippen molar-refractivity contribution in [3.8, 4) is 16.9 Å². The van der Waals surface area contributed by atoms with E-state index in [0.717, 1.165) is 6.07 Å². The molecule has 11 nitrogen and oxygen atoms in total. The number of carbonyl (C=O) groups excluding carboxylic acids is 2. The van der Waals surface area contributed by atoms with Crippen LogP contribution in [0.5, 0.6) is 5.75 Å². The Morgan fingerprint density at radius 3 is 2.38 bits per heavy atom. The molecule has 0 atom stereocenters. The van der Waals surface area contributed by atoms with Gasteiger partial charge in [-0.1, -0.05) is 18.5 Å². The van der Waals surface area contributed by atoms with E-state index >= 15 is 0 Å². The van der Waals surface area contributed by atoms with Crippen molar-refractivity contribution in [3.05, 3.63) is 40.5 Å². The average Bonchev–Trinajstić information content (AvgIpc) is 3.13. The number of nitrogens with one attached hydrogen (secondary N) is 3. The Morgan fingerprint density at radius 1 is 1.15 bits per heavy atom. The quantitative estimate of drug-likeness (QED) is 0.264. The predicted molar refractivity (Wildman–Crippen MR) is 126 cm³/mol. The zero-order valence-corrected chi connectivity index (χ0v) is 19.6. The first-order chi connectivity index (χ1) is 15.9. The van der Waals surface area contributed by atoms with Crippen molar-refractivity contribution in [2.75, 3.05) is 17.6 Å². The lowest BCUT2D eigenvalue weighted by atomic mass is 9.96. The van der Waals surface area contributed by atoms with E-state index in [9.17, 15) is 33.0 Å². The monoisotopic (exact) mass is 508 g/mol. The number of rotatable bonds is 7. The van der Waals surface area contributed by atoms with Crippen molar-refractivity contribution in [2.24, 2.45) is 5.73 Å². The molecule has 0 spiro atoms. The van der Waals surface area contributed by atoms with Gasteiger partial charge >= 0.3 is 12.0 Å². The fourth-order valence-electron chi connectivity index (χ4n) is 3.51. The molecule has 0 aliphatic heterocycles. The fourth-order valence-corrected chi connectivity index (χ4v) is 4.80. The minimum atomic E-state index is -4.15. The highest BCUT2D eigenvalue weighted by molar-refractivity contribution is 7.91. The molecule has 0 fully saturated rings. The number of fused-ring (bicyclic) bond motifs is 1. The van der Waals surface area contributed by atoms with E-state index in [-0.39, 0.29) is 28.1 Å². The number of benzene rings is 2. The Hall–Kier alpha value is -3.77. The molecule has 180 valence electrons. The number of hydrogen-bond acceptors (Lipinski definition) is 6. The molecule has 0 aliphatic carbocycles. The minimum Gasteiger partial charge on any atom is -0.505 e. The molecule has 7 N–H and O–H groups in total. The fraction of sp³-hybridized carbons (Fsp3) is 0.190. The van der Waals surface area contributed by atoms with Crippen LogP contribution >= 0.6 is 11.6 Å². The van der Waals surface area contributed by atoms with Crippen LogP contribution in [0.4, 0.5) is 10.5 Å². The lowest BCUT2D eigenvalue weighted by Gasteiger charge is -2.19. The molecule has 3 aromatic rings. The summed E-state index contributed by atoms with van der Waals surface area (Å²) in [5.74, 6) is -3.85. The summed E-state index contributed by atoms with van der Waals surface area (Å²) in [5, 5.41) is 25.9. The van der Waals surface area contributed by atoms with E-state index in [1.54, 1.807) is 6.92 Å². The summed E-state index contributed by atoms with van der Waals surface area (Å²) in [6.45, 7) is 3.15. The maximum absolute atomic E-state index is 13.1. The maximum atomic E-state index is 13.1. The van der Waals surface area contributed by atoms with E-state index in [1.807, 2.05) is 0 Å². The number of anilines is 1. The Morgan fingerprint density at radius 2 is 1.82 bits per heavy atom. The van der Waals surface area contributed by atoms with E-state index in [0.29, 0.717) is 5.52 Å². The van der Waals surface area contributed by atoms with Crippen molar-refractivity contribution >= 4 is 55.9 Å².